The first kappa shape index (κ1) is 21.8. The number of non-ortho nitro benzene ring substituents is 1. The highest BCUT2D eigenvalue weighted by molar-refractivity contribution is 7.92. The lowest BCUT2D eigenvalue weighted by atomic mass is 10.2. The highest BCUT2D eigenvalue weighted by atomic mass is 32.2. The van der Waals surface area contributed by atoms with Gasteiger partial charge in [-0.05, 0) is 49.7 Å². The van der Waals surface area contributed by atoms with Gasteiger partial charge >= 0.3 is 0 Å². The lowest BCUT2D eigenvalue weighted by Crippen LogP contribution is -2.20. The van der Waals surface area contributed by atoms with Crippen LogP contribution in [0.2, 0.25) is 0 Å². The van der Waals surface area contributed by atoms with Gasteiger partial charge in [-0.1, -0.05) is 5.16 Å². The number of anilines is 2. The van der Waals surface area contributed by atoms with Gasteiger partial charge in [-0.2, -0.15) is 0 Å². The van der Waals surface area contributed by atoms with Crippen LogP contribution in [0.5, 0.6) is 5.75 Å². The molecule has 0 unspecified atom stereocenters. The molecule has 2 N–H and O–H groups in total. The fraction of sp³-hybridized carbons (Fsp3) is 0.158. The molecule has 0 spiro atoms. The number of nitrogens with one attached hydrogen (secondary N) is 2. The Labute approximate surface area is 177 Å². The first-order valence-corrected chi connectivity index (χ1v) is 10.4. The third kappa shape index (κ3) is 5.57. The lowest BCUT2D eigenvalue weighted by molar-refractivity contribution is -0.384. The van der Waals surface area contributed by atoms with E-state index in [0.717, 1.165) is 0 Å². The standard InChI is InChI=1S/C19H18N4O7S/c1-12-9-15(23(25)26)5-8-17(12)29-11-19(24)20-14-3-6-16(7-4-14)31(27,28)22-18-10-13(2)30-21-18/h3-10H,11H2,1-2H3,(H,20,24)(H,21,22). The molecule has 0 atom stereocenters. The Kier molecular flexibility index (Phi) is 6.20. The Morgan fingerprint density at radius 3 is 2.45 bits per heavy atom. The quantitative estimate of drug-likeness (QED) is 0.395. The Hall–Kier alpha value is -3.93. The van der Waals surface area contributed by atoms with Gasteiger partial charge in [0.25, 0.3) is 21.6 Å². The van der Waals surface area contributed by atoms with Gasteiger partial charge in [0.05, 0.1) is 9.82 Å². The van der Waals surface area contributed by atoms with Crippen molar-refractivity contribution in [2.75, 3.05) is 16.6 Å². The number of nitrogens with zero attached hydrogens (tertiary/aromatic N) is 2. The molecule has 0 aliphatic heterocycles. The normalized spacial score (nSPS) is 11.0. The molecule has 0 aliphatic carbocycles. The zero-order valence-electron chi connectivity index (χ0n) is 16.5. The highest BCUT2D eigenvalue weighted by Gasteiger charge is 2.16. The smallest absolute Gasteiger partial charge is 0.269 e. The number of nitro benzene ring substituents is 1. The molecule has 0 radical (unpaired) electrons. The summed E-state index contributed by atoms with van der Waals surface area (Å²) in [7, 11) is -3.86. The van der Waals surface area contributed by atoms with Crippen LogP contribution in [-0.4, -0.2) is 31.0 Å². The minimum absolute atomic E-state index is 0.0242. The van der Waals surface area contributed by atoms with Crippen LogP contribution in [0.4, 0.5) is 17.2 Å². The third-order valence-corrected chi connectivity index (χ3v) is 5.41. The van der Waals surface area contributed by atoms with Crippen LogP contribution < -0.4 is 14.8 Å². The number of hydrogen-bond acceptors (Lipinski definition) is 8. The summed E-state index contributed by atoms with van der Waals surface area (Å²) in [5, 5.41) is 16.9. The number of rotatable bonds is 8. The maximum atomic E-state index is 12.4. The van der Waals surface area contributed by atoms with Crippen molar-refractivity contribution in [3.8, 4) is 5.75 Å². The van der Waals surface area contributed by atoms with Crippen LogP contribution in [0, 0.1) is 24.0 Å². The minimum atomic E-state index is -3.86. The first-order valence-electron chi connectivity index (χ1n) is 8.88. The predicted octanol–water partition coefficient (Wildman–Crippen LogP) is 3.02. The maximum absolute atomic E-state index is 12.4. The van der Waals surface area contributed by atoms with Crippen molar-refractivity contribution in [2.45, 2.75) is 18.7 Å². The zero-order valence-corrected chi connectivity index (χ0v) is 17.3. The minimum Gasteiger partial charge on any atom is -0.483 e. The van der Waals surface area contributed by atoms with Crippen LogP contribution in [0.15, 0.2) is 57.9 Å². The first-order chi connectivity index (χ1) is 14.6. The molecule has 12 heteroatoms. The van der Waals surface area contributed by atoms with Crippen molar-refractivity contribution in [2.24, 2.45) is 0 Å². The molecule has 0 aliphatic rings. The molecular weight excluding hydrogens is 428 g/mol. The summed E-state index contributed by atoms with van der Waals surface area (Å²) in [4.78, 5) is 22.3. The number of carbonyl (C=O) groups excluding carboxylic acids is 1. The van der Waals surface area contributed by atoms with Crippen LogP contribution in [0.3, 0.4) is 0 Å². The number of ether oxygens (including phenoxy) is 1. The molecule has 3 aromatic rings. The summed E-state index contributed by atoms with van der Waals surface area (Å²) < 4.78 is 37.2. The lowest BCUT2D eigenvalue weighted by Gasteiger charge is -2.10. The Morgan fingerprint density at radius 2 is 1.87 bits per heavy atom. The second-order valence-electron chi connectivity index (χ2n) is 6.50. The number of nitro groups is 1. The molecule has 31 heavy (non-hydrogen) atoms. The number of aryl methyl sites for hydroxylation is 2. The van der Waals surface area contributed by atoms with Crippen molar-refractivity contribution in [3.05, 3.63) is 70.0 Å². The van der Waals surface area contributed by atoms with E-state index >= 15 is 0 Å². The van der Waals surface area contributed by atoms with Crippen LogP contribution in [0.1, 0.15) is 11.3 Å². The third-order valence-electron chi connectivity index (χ3n) is 4.04. The van der Waals surface area contributed by atoms with E-state index in [1.807, 2.05) is 0 Å². The van der Waals surface area contributed by atoms with Crippen molar-refractivity contribution in [1.29, 1.82) is 0 Å². The molecule has 0 saturated carbocycles. The summed E-state index contributed by atoms with van der Waals surface area (Å²) in [6.45, 7) is 2.94. The largest absolute Gasteiger partial charge is 0.483 e. The van der Waals surface area contributed by atoms with Crippen molar-refractivity contribution >= 4 is 33.1 Å². The molecule has 0 bridgehead atoms. The van der Waals surface area contributed by atoms with Crippen molar-refractivity contribution in [1.82, 2.24) is 5.16 Å². The summed E-state index contributed by atoms with van der Waals surface area (Å²) >= 11 is 0. The topological polar surface area (TPSA) is 154 Å². The fourth-order valence-corrected chi connectivity index (χ4v) is 3.56. The fourth-order valence-electron chi connectivity index (χ4n) is 2.58. The van der Waals surface area contributed by atoms with E-state index < -0.39 is 20.9 Å². The highest BCUT2D eigenvalue weighted by Crippen LogP contribution is 2.23. The monoisotopic (exact) mass is 446 g/mol. The average molecular weight is 446 g/mol. The predicted molar refractivity (Wildman–Crippen MR) is 110 cm³/mol. The van der Waals surface area contributed by atoms with Gasteiger partial charge in [0.15, 0.2) is 12.4 Å². The van der Waals surface area contributed by atoms with Gasteiger partial charge in [-0.3, -0.25) is 19.6 Å². The van der Waals surface area contributed by atoms with E-state index in [1.54, 1.807) is 13.8 Å². The number of hydrogen-bond donors (Lipinski definition) is 2. The molecule has 11 nitrogen and oxygen atoms in total. The molecule has 3 rings (SSSR count). The molecule has 2 aromatic carbocycles. The molecule has 1 amide bonds. The second kappa shape index (κ2) is 8.83. The van der Waals surface area contributed by atoms with Gasteiger partial charge in [0.1, 0.15) is 11.5 Å². The number of carbonyl (C=O) groups is 1. The zero-order chi connectivity index (χ0) is 22.6. The number of amides is 1. The van der Waals surface area contributed by atoms with Crippen LogP contribution >= 0.6 is 0 Å². The number of benzene rings is 2. The van der Waals surface area contributed by atoms with E-state index in [2.05, 4.69) is 15.2 Å². The number of sulfonamides is 1. The van der Waals surface area contributed by atoms with E-state index in [0.29, 0.717) is 22.8 Å². The molecule has 1 heterocycles. The van der Waals surface area contributed by atoms with Gasteiger partial charge < -0.3 is 14.6 Å². The Morgan fingerprint density at radius 1 is 1.16 bits per heavy atom. The average Bonchev–Trinajstić information content (AvgIpc) is 3.11. The van der Waals surface area contributed by atoms with E-state index in [4.69, 9.17) is 9.26 Å². The SMILES string of the molecule is Cc1cc(NS(=O)(=O)c2ccc(NC(=O)COc3ccc([N+](=O)[O-])cc3C)cc2)no1. The van der Waals surface area contributed by atoms with Gasteiger partial charge in [-0.25, -0.2) is 8.42 Å². The Balaban J connectivity index is 1.58. The molecule has 0 fully saturated rings. The molecule has 162 valence electrons. The maximum Gasteiger partial charge on any atom is 0.269 e. The van der Waals surface area contributed by atoms with Crippen LogP contribution in [-0.2, 0) is 14.8 Å². The van der Waals surface area contributed by atoms with E-state index in [-0.39, 0.29) is 23.0 Å². The molecule has 0 saturated heterocycles. The molecule has 1 aromatic heterocycles. The van der Waals surface area contributed by atoms with E-state index in [1.165, 1.54) is 48.5 Å². The number of aromatic nitrogens is 1. The summed E-state index contributed by atoms with van der Waals surface area (Å²) in [6.07, 6.45) is 0. The van der Waals surface area contributed by atoms with Crippen molar-refractivity contribution in [3.63, 3.8) is 0 Å². The second-order valence-corrected chi connectivity index (χ2v) is 8.18. The van der Waals surface area contributed by atoms with Gasteiger partial charge in [0, 0.05) is 23.9 Å². The van der Waals surface area contributed by atoms with Gasteiger partial charge in [0.2, 0.25) is 0 Å². The Bertz CT molecular complexity index is 1220. The summed E-state index contributed by atoms with van der Waals surface area (Å²) in [5.41, 5.74) is 0.814. The molecular formula is C19H18N4O7S. The van der Waals surface area contributed by atoms with Crippen molar-refractivity contribution < 1.29 is 27.4 Å². The van der Waals surface area contributed by atoms with Crippen LogP contribution in [0.25, 0.3) is 0 Å². The van der Waals surface area contributed by atoms with Gasteiger partial charge in [-0.15, -0.1) is 0 Å². The summed E-state index contributed by atoms with van der Waals surface area (Å²) in [6, 6.07) is 11.0. The van der Waals surface area contributed by atoms with E-state index in [9.17, 15) is 23.3 Å². The summed E-state index contributed by atoms with van der Waals surface area (Å²) in [5.74, 6) is 0.386.